The van der Waals surface area contributed by atoms with Gasteiger partial charge in [-0.25, -0.2) is 4.79 Å². The van der Waals surface area contributed by atoms with Gasteiger partial charge >= 0.3 is 6.03 Å². The van der Waals surface area contributed by atoms with E-state index in [1.807, 2.05) is 0 Å². The summed E-state index contributed by atoms with van der Waals surface area (Å²) in [6, 6.07) is 0.00692. The van der Waals surface area contributed by atoms with Gasteiger partial charge in [-0.15, -0.1) is 0 Å². The van der Waals surface area contributed by atoms with Crippen molar-refractivity contribution in [1.29, 1.82) is 0 Å². The van der Waals surface area contributed by atoms with E-state index in [1.54, 1.807) is 0 Å². The lowest BCUT2D eigenvalue weighted by atomic mass is 10.00. The Morgan fingerprint density at radius 3 is 2.47 bits per heavy atom. The molecular formula is C11H21N3O. The monoisotopic (exact) mass is 211 g/mol. The van der Waals surface area contributed by atoms with Crippen molar-refractivity contribution in [1.82, 2.24) is 16.0 Å². The molecule has 0 bridgehead atoms. The second-order valence-corrected chi connectivity index (χ2v) is 4.75. The maximum atomic E-state index is 11.4. The fourth-order valence-electron chi connectivity index (χ4n) is 1.96. The third-order valence-electron chi connectivity index (χ3n) is 3.20. The summed E-state index contributed by atoms with van der Waals surface area (Å²) in [7, 11) is 0. The van der Waals surface area contributed by atoms with E-state index >= 15 is 0 Å². The van der Waals surface area contributed by atoms with E-state index in [4.69, 9.17) is 0 Å². The van der Waals surface area contributed by atoms with Crippen molar-refractivity contribution in [2.24, 2.45) is 11.8 Å². The lowest BCUT2D eigenvalue weighted by Gasteiger charge is -2.22. The lowest BCUT2D eigenvalue weighted by molar-refractivity contribution is 0.236. The van der Waals surface area contributed by atoms with Crippen molar-refractivity contribution >= 4 is 6.03 Å². The van der Waals surface area contributed by atoms with Gasteiger partial charge in [0, 0.05) is 13.1 Å². The van der Waals surface area contributed by atoms with Crippen LogP contribution in [0.2, 0.25) is 0 Å². The second-order valence-electron chi connectivity index (χ2n) is 4.75. The van der Waals surface area contributed by atoms with Crippen LogP contribution < -0.4 is 16.0 Å². The molecule has 0 spiro atoms. The molecule has 1 aliphatic carbocycles. The Morgan fingerprint density at radius 1 is 1.13 bits per heavy atom. The van der Waals surface area contributed by atoms with Crippen LogP contribution in [0.4, 0.5) is 4.79 Å². The van der Waals surface area contributed by atoms with Gasteiger partial charge in [-0.1, -0.05) is 0 Å². The van der Waals surface area contributed by atoms with Gasteiger partial charge in [-0.05, 0) is 50.6 Å². The number of nitrogens with one attached hydrogen (secondary N) is 3. The molecule has 4 nitrogen and oxygen atoms in total. The average Bonchev–Trinajstić information content (AvgIpc) is 3.09. The minimum absolute atomic E-state index is 0.00692. The number of hydrogen-bond acceptors (Lipinski definition) is 2. The molecule has 2 fully saturated rings. The number of carbonyl (C=O) groups is 1. The summed E-state index contributed by atoms with van der Waals surface area (Å²) in [5.41, 5.74) is 0. The molecule has 15 heavy (non-hydrogen) atoms. The molecule has 2 rings (SSSR count). The van der Waals surface area contributed by atoms with Gasteiger partial charge < -0.3 is 16.0 Å². The maximum absolute atomic E-state index is 11.4. The smallest absolute Gasteiger partial charge is 0.314 e. The minimum Gasteiger partial charge on any atom is -0.338 e. The Morgan fingerprint density at radius 2 is 1.87 bits per heavy atom. The van der Waals surface area contributed by atoms with Crippen LogP contribution in [0, 0.1) is 11.8 Å². The summed E-state index contributed by atoms with van der Waals surface area (Å²) in [6.07, 6.45) is 5.03. The molecule has 3 N–H and O–H groups in total. The molecular weight excluding hydrogens is 190 g/mol. The van der Waals surface area contributed by atoms with E-state index in [0.717, 1.165) is 32.1 Å². The van der Waals surface area contributed by atoms with Crippen LogP contribution >= 0.6 is 0 Å². The third kappa shape index (κ3) is 4.08. The first-order chi connectivity index (χ1) is 7.34. The first-order valence-electron chi connectivity index (χ1n) is 6.07. The van der Waals surface area contributed by atoms with Crippen molar-refractivity contribution in [2.45, 2.75) is 25.7 Å². The average molecular weight is 211 g/mol. The van der Waals surface area contributed by atoms with Gasteiger partial charge in [0.05, 0.1) is 0 Å². The first-order valence-corrected chi connectivity index (χ1v) is 6.07. The summed E-state index contributed by atoms with van der Waals surface area (Å²) >= 11 is 0. The van der Waals surface area contributed by atoms with E-state index in [1.165, 1.54) is 25.7 Å². The summed E-state index contributed by atoms with van der Waals surface area (Å²) in [5.74, 6) is 1.37. The van der Waals surface area contributed by atoms with Crippen molar-refractivity contribution in [2.75, 3.05) is 26.2 Å². The topological polar surface area (TPSA) is 53.2 Å². The van der Waals surface area contributed by atoms with Crippen LogP contribution in [0.15, 0.2) is 0 Å². The molecule has 1 heterocycles. The third-order valence-corrected chi connectivity index (χ3v) is 3.20. The van der Waals surface area contributed by atoms with E-state index in [9.17, 15) is 4.79 Å². The summed E-state index contributed by atoms with van der Waals surface area (Å²) in [6.45, 7) is 3.84. The minimum atomic E-state index is 0.00692. The van der Waals surface area contributed by atoms with Gasteiger partial charge in [0.15, 0.2) is 0 Å². The highest BCUT2D eigenvalue weighted by Gasteiger charge is 2.21. The second kappa shape index (κ2) is 5.35. The largest absolute Gasteiger partial charge is 0.338 e. The molecule has 1 saturated heterocycles. The SMILES string of the molecule is O=C(NCC1CC1)NCC1CCCNC1. The van der Waals surface area contributed by atoms with E-state index < -0.39 is 0 Å². The van der Waals surface area contributed by atoms with Crippen molar-refractivity contribution in [3.63, 3.8) is 0 Å². The molecule has 4 heteroatoms. The van der Waals surface area contributed by atoms with Gasteiger partial charge in [-0.2, -0.15) is 0 Å². The molecule has 1 saturated carbocycles. The zero-order valence-corrected chi connectivity index (χ0v) is 9.22. The van der Waals surface area contributed by atoms with Gasteiger partial charge in [-0.3, -0.25) is 0 Å². The Bertz CT molecular complexity index is 210. The molecule has 0 aromatic rings. The number of amides is 2. The fourth-order valence-corrected chi connectivity index (χ4v) is 1.96. The molecule has 0 radical (unpaired) electrons. The van der Waals surface area contributed by atoms with Crippen molar-refractivity contribution in [3.8, 4) is 0 Å². The van der Waals surface area contributed by atoms with E-state index in [0.29, 0.717) is 5.92 Å². The van der Waals surface area contributed by atoms with Crippen LogP contribution in [0.1, 0.15) is 25.7 Å². The molecule has 1 unspecified atom stereocenters. The maximum Gasteiger partial charge on any atom is 0.314 e. The van der Waals surface area contributed by atoms with Crippen LogP contribution in [0.5, 0.6) is 0 Å². The molecule has 2 amide bonds. The molecule has 1 aliphatic heterocycles. The quantitative estimate of drug-likeness (QED) is 0.641. The molecule has 86 valence electrons. The number of urea groups is 1. The van der Waals surface area contributed by atoms with Gasteiger partial charge in [0.2, 0.25) is 0 Å². The molecule has 2 aliphatic rings. The standard InChI is InChI=1S/C11H21N3O/c15-11(13-7-9-3-4-9)14-8-10-2-1-5-12-6-10/h9-10,12H,1-8H2,(H2,13,14,15). The number of piperidine rings is 1. The normalized spacial score (nSPS) is 26.0. The molecule has 1 atom stereocenters. The highest BCUT2D eigenvalue weighted by atomic mass is 16.2. The Kier molecular flexibility index (Phi) is 3.83. The van der Waals surface area contributed by atoms with Gasteiger partial charge in [0.25, 0.3) is 0 Å². The first kappa shape index (κ1) is 10.7. The van der Waals surface area contributed by atoms with Crippen LogP contribution in [-0.2, 0) is 0 Å². The molecule has 0 aromatic heterocycles. The van der Waals surface area contributed by atoms with Crippen LogP contribution in [0.25, 0.3) is 0 Å². The Hall–Kier alpha value is -0.770. The van der Waals surface area contributed by atoms with E-state index in [2.05, 4.69) is 16.0 Å². The Labute approximate surface area is 91.2 Å². The summed E-state index contributed by atoms with van der Waals surface area (Å²) < 4.78 is 0. The van der Waals surface area contributed by atoms with Crippen LogP contribution in [-0.4, -0.2) is 32.2 Å². The predicted octanol–water partition coefficient (Wildman–Crippen LogP) is 0.695. The zero-order valence-electron chi connectivity index (χ0n) is 9.22. The van der Waals surface area contributed by atoms with E-state index in [-0.39, 0.29) is 6.03 Å². The lowest BCUT2D eigenvalue weighted by Crippen LogP contribution is -2.42. The van der Waals surface area contributed by atoms with Crippen molar-refractivity contribution in [3.05, 3.63) is 0 Å². The predicted molar refractivity (Wildman–Crippen MR) is 59.7 cm³/mol. The van der Waals surface area contributed by atoms with Crippen LogP contribution in [0.3, 0.4) is 0 Å². The Balaban J connectivity index is 1.53. The summed E-state index contributed by atoms with van der Waals surface area (Å²) in [5, 5.41) is 9.21. The number of carbonyl (C=O) groups excluding carboxylic acids is 1. The summed E-state index contributed by atoms with van der Waals surface area (Å²) in [4.78, 5) is 11.4. The fraction of sp³-hybridized carbons (Fsp3) is 0.909. The zero-order chi connectivity index (χ0) is 10.5. The molecule has 0 aromatic carbocycles. The van der Waals surface area contributed by atoms with Gasteiger partial charge in [0.1, 0.15) is 0 Å². The van der Waals surface area contributed by atoms with Crippen molar-refractivity contribution < 1.29 is 4.79 Å². The highest BCUT2D eigenvalue weighted by molar-refractivity contribution is 5.73. The number of hydrogen-bond donors (Lipinski definition) is 3. The number of rotatable bonds is 4. The highest BCUT2D eigenvalue weighted by Crippen LogP contribution is 2.27.